The van der Waals surface area contributed by atoms with E-state index in [1.165, 1.54) is 7.11 Å². The summed E-state index contributed by atoms with van der Waals surface area (Å²) in [7, 11) is 1.37. The van der Waals surface area contributed by atoms with Crippen LogP contribution in [-0.2, 0) is 9.53 Å². The standard InChI is InChI=1S/C15H17N3O3/c1-21-15(20)9-4-5-18(8-9)14(19)12-7-17-13-3-2-10(16)6-11(12)13/h2-3,6-7,9,17H,4-5,8,16H2,1H3. The van der Waals surface area contributed by atoms with Gasteiger partial charge >= 0.3 is 5.97 Å². The third-order valence-corrected chi connectivity index (χ3v) is 3.95. The van der Waals surface area contributed by atoms with Crippen molar-refractivity contribution >= 4 is 28.5 Å². The summed E-state index contributed by atoms with van der Waals surface area (Å²) in [6.45, 7) is 0.966. The average Bonchev–Trinajstić information content (AvgIpc) is 3.12. The van der Waals surface area contributed by atoms with Gasteiger partial charge in [0.2, 0.25) is 0 Å². The van der Waals surface area contributed by atoms with E-state index in [0.29, 0.717) is 30.8 Å². The number of esters is 1. The lowest BCUT2D eigenvalue weighted by Crippen LogP contribution is -2.30. The fourth-order valence-electron chi connectivity index (χ4n) is 2.79. The fraction of sp³-hybridized carbons (Fsp3) is 0.333. The van der Waals surface area contributed by atoms with E-state index < -0.39 is 0 Å². The maximum atomic E-state index is 12.6. The number of rotatable bonds is 2. The Morgan fingerprint density at radius 3 is 3.00 bits per heavy atom. The number of amides is 1. The van der Waals surface area contributed by atoms with Crippen LogP contribution in [0.25, 0.3) is 10.9 Å². The topological polar surface area (TPSA) is 88.4 Å². The second-order valence-electron chi connectivity index (χ2n) is 5.27. The first-order valence-electron chi connectivity index (χ1n) is 6.84. The number of aromatic amines is 1. The summed E-state index contributed by atoms with van der Waals surface area (Å²) < 4.78 is 4.74. The number of aromatic nitrogens is 1. The van der Waals surface area contributed by atoms with Crippen molar-refractivity contribution in [3.8, 4) is 0 Å². The van der Waals surface area contributed by atoms with E-state index >= 15 is 0 Å². The monoisotopic (exact) mass is 287 g/mol. The van der Waals surface area contributed by atoms with Crippen molar-refractivity contribution in [1.29, 1.82) is 0 Å². The molecule has 6 nitrogen and oxygen atoms in total. The number of nitrogens with one attached hydrogen (secondary N) is 1. The van der Waals surface area contributed by atoms with Crippen molar-refractivity contribution in [3.05, 3.63) is 30.0 Å². The highest BCUT2D eigenvalue weighted by Gasteiger charge is 2.32. The predicted octanol–water partition coefficient (Wildman–Crippen LogP) is 1.39. The van der Waals surface area contributed by atoms with Crippen LogP contribution in [-0.4, -0.2) is 42.0 Å². The molecule has 1 unspecified atom stereocenters. The Kier molecular flexibility index (Phi) is 3.29. The predicted molar refractivity (Wildman–Crippen MR) is 78.7 cm³/mol. The minimum absolute atomic E-state index is 0.0850. The molecule has 6 heteroatoms. The van der Waals surface area contributed by atoms with Gasteiger partial charge in [0.1, 0.15) is 0 Å². The highest BCUT2D eigenvalue weighted by Crippen LogP contribution is 2.25. The summed E-state index contributed by atoms with van der Waals surface area (Å²) in [6, 6.07) is 5.42. The van der Waals surface area contributed by atoms with Crippen LogP contribution in [0.2, 0.25) is 0 Å². The molecule has 2 heterocycles. The molecular formula is C15H17N3O3. The first-order valence-corrected chi connectivity index (χ1v) is 6.84. The second kappa shape index (κ2) is 5.12. The van der Waals surface area contributed by atoms with E-state index in [-0.39, 0.29) is 17.8 Å². The van der Waals surface area contributed by atoms with Crippen LogP contribution >= 0.6 is 0 Å². The molecule has 1 aromatic carbocycles. The van der Waals surface area contributed by atoms with E-state index in [4.69, 9.17) is 10.5 Å². The molecule has 2 aromatic rings. The number of fused-ring (bicyclic) bond motifs is 1. The number of hydrogen-bond donors (Lipinski definition) is 2. The number of methoxy groups -OCH3 is 1. The normalized spacial score (nSPS) is 18.1. The summed E-state index contributed by atoms with van der Waals surface area (Å²) in [5, 5.41) is 0.807. The number of anilines is 1. The van der Waals surface area contributed by atoms with Gasteiger partial charge in [-0.3, -0.25) is 9.59 Å². The van der Waals surface area contributed by atoms with Crippen molar-refractivity contribution in [1.82, 2.24) is 9.88 Å². The quantitative estimate of drug-likeness (QED) is 0.645. The average molecular weight is 287 g/mol. The lowest BCUT2D eigenvalue weighted by Gasteiger charge is -2.15. The third-order valence-electron chi connectivity index (χ3n) is 3.95. The zero-order chi connectivity index (χ0) is 15.0. The summed E-state index contributed by atoms with van der Waals surface area (Å²) in [5.41, 5.74) is 7.86. The van der Waals surface area contributed by atoms with Gasteiger partial charge in [-0.1, -0.05) is 0 Å². The number of benzene rings is 1. The van der Waals surface area contributed by atoms with Crippen molar-refractivity contribution < 1.29 is 14.3 Å². The largest absolute Gasteiger partial charge is 0.469 e. The summed E-state index contributed by atoms with van der Waals surface area (Å²) in [5.74, 6) is -0.569. The highest BCUT2D eigenvalue weighted by molar-refractivity contribution is 6.07. The van der Waals surface area contributed by atoms with Crippen LogP contribution < -0.4 is 5.73 Å². The second-order valence-corrected chi connectivity index (χ2v) is 5.27. The van der Waals surface area contributed by atoms with Gasteiger partial charge in [0, 0.05) is 35.9 Å². The summed E-state index contributed by atoms with van der Waals surface area (Å²) in [6.07, 6.45) is 2.33. The molecule has 3 rings (SSSR count). The lowest BCUT2D eigenvalue weighted by molar-refractivity contribution is -0.144. The van der Waals surface area contributed by atoms with Gasteiger partial charge in [-0.25, -0.2) is 0 Å². The van der Waals surface area contributed by atoms with Crippen LogP contribution in [0.3, 0.4) is 0 Å². The van der Waals surface area contributed by atoms with Gasteiger partial charge in [0.15, 0.2) is 0 Å². The van der Waals surface area contributed by atoms with Crippen molar-refractivity contribution in [2.75, 3.05) is 25.9 Å². The number of carbonyl (C=O) groups excluding carboxylic acids is 2. The molecule has 0 radical (unpaired) electrons. The van der Waals surface area contributed by atoms with Gasteiger partial charge in [-0.15, -0.1) is 0 Å². The minimum Gasteiger partial charge on any atom is -0.469 e. The zero-order valence-electron chi connectivity index (χ0n) is 11.8. The molecule has 1 aromatic heterocycles. The van der Waals surface area contributed by atoms with Crippen molar-refractivity contribution in [3.63, 3.8) is 0 Å². The SMILES string of the molecule is COC(=O)C1CCN(C(=O)c2c[nH]c3ccc(N)cc23)C1. The maximum absolute atomic E-state index is 12.6. The van der Waals surface area contributed by atoms with Crippen molar-refractivity contribution in [2.45, 2.75) is 6.42 Å². The highest BCUT2D eigenvalue weighted by atomic mass is 16.5. The Bertz CT molecular complexity index is 707. The molecule has 1 amide bonds. The first-order chi connectivity index (χ1) is 10.1. The molecule has 1 saturated heterocycles. The van der Waals surface area contributed by atoms with Gasteiger partial charge in [-0.2, -0.15) is 0 Å². The Hall–Kier alpha value is -2.50. The molecular weight excluding hydrogens is 270 g/mol. The number of H-pyrrole nitrogens is 1. The van der Waals surface area contributed by atoms with E-state index in [2.05, 4.69) is 4.98 Å². The number of nitrogens with two attached hydrogens (primary N) is 1. The molecule has 0 saturated carbocycles. The van der Waals surface area contributed by atoms with Crippen molar-refractivity contribution in [2.24, 2.45) is 5.92 Å². The molecule has 3 N–H and O–H groups in total. The van der Waals surface area contributed by atoms with Crippen LogP contribution in [0.15, 0.2) is 24.4 Å². The molecule has 0 spiro atoms. The van der Waals surface area contributed by atoms with E-state index in [0.717, 1.165) is 10.9 Å². The summed E-state index contributed by atoms with van der Waals surface area (Å²) >= 11 is 0. The van der Waals surface area contributed by atoms with Gasteiger partial charge in [-0.05, 0) is 24.6 Å². The Morgan fingerprint density at radius 1 is 1.43 bits per heavy atom. The van der Waals surface area contributed by atoms with Gasteiger partial charge in [0.25, 0.3) is 5.91 Å². The molecule has 1 atom stereocenters. The van der Waals surface area contributed by atoms with E-state index in [1.807, 2.05) is 6.07 Å². The smallest absolute Gasteiger partial charge is 0.310 e. The zero-order valence-corrected chi connectivity index (χ0v) is 11.8. The van der Waals surface area contributed by atoms with E-state index in [9.17, 15) is 9.59 Å². The molecule has 1 aliphatic heterocycles. The number of nitrogen functional groups attached to an aromatic ring is 1. The lowest BCUT2D eigenvalue weighted by atomic mass is 10.1. The third kappa shape index (κ3) is 2.33. The molecule has 0 bridgehead atoms. The molecule has 1 aliphatic rings. The van der Waals surface area contributed by atoms with Gasteiger partial charge < -0.3 is 20.4 Å². The Balaban J connectivity index is 1.85. The number of ether oxygens (including phenoxy) is 1. The first kappa shape index (κ1) is 13.5. The maximum Gasteiger partial charge on any atom is 0.310 e. The van der Waals surface area contributed by atoms with Crippen LogP contribution in [0.1, 0.15) is 16.8 Å². The van der Waals surface area contributed by atoms with E-state index in [1.54, 1.807) is 23.2 Å². The molecule has 0 aliphatic carbocycles. The number of likely N-dealkylation sites (tertiary alicyclic amines) is 1. The van der Waals surface area contributed by atoms with Gasteiger partial charge in [0.05, 0.1) is 18.6 Å². The van der Waals surface area contributed by atoms with Crippen LogP contribution in [0, 0.1) is 5.92 Å². The molecule has 21 heavy (non-hydrogen) atoms. The van der Waals surface area contributed by atoms with Crippen LogP contribution in [0.5, 0.6) is 0 Å². The molecule has 1 fully saturated rings. The Labute approximate surface area is 121 Å². The number of carbonyl (C=O) groups is 2. The summed E-state index contributed by atoms with van der Waals surface area (Å²) in [4.78, 5) is 28.9. The number of nitrogens with zero attached hydrogens (tertiary/aromatic N) is 1. The fourth-order valence-corrected chi connectivity index (χ4v) is 2.79. The van der Waals surface area contributed by atoms with Crippen LogP contribution in [0.4, 0.5) is 5.69 Å². The number of hydrogen-bond acceptors (Lipinski definition) is 4. The molecule has 110 valence electrons. The Morgan fingerprint density at radius 2 is 2.24 bits per heavy atom. The minimum atomic E-state index is -0.256.